The van der Waals surface area contributed by atoms with Crippen LogP contribution in [0.2, 0.25) is 0 Å². The van der Waals surface area contributed by atoms with Crippen molar-refractivity contribution >= 4 is 17.5 Å². The molecule has 0 saturated heterocycles. The number of hydrogen-bond donors (Lipinski definition) is 3. The summed E-state index contributed by atoms with van der Waals surface area (Å²) in [7, 11) is 0. The first-order chi connectivity index (χ1) is 13.7. The third-order valence-corrected chi connectivity index (χ3v) is 4.74. The predicted molar refractivity (Wildman–Crippen MR) is 97.1 cm³/mol. The number of halogens is 4. The van der Waals surface area contributed by atoms with Crippen molar-refractivity contribution in [1.82, 2.24) is 15.3 Å². The summed E-state index contributed by atoms with van der Waals surface area (Å²) in [6.07, 6.45) is -0.623. The third-order valence-electron chi connectivity index (χ3n) is 4.74. The van der Waals surface area contributed by atoms with Gasteiger partial charge in [0.25, 0.3) is 5.91 Å². The zero-order valence-corrected chi connectivity index (χ0v) is 15.4. The number of rotatable bonds is 5. The highest BCUT2D eigenvalue weighted by Crippen LogP contribution is 2.32. The largest absolute Gasteiger partial charge is 0.434 e. The van der Waals surface area contributed by atoms with E-state index < -0.39 is 40.7 Å². The fourth-order valence-electron chi connectivity index (χ4n) is 3.25. The van der Waals surface area contributed by atoms with Crippen molar-refractivity contribution in [3.63, 3.8) is 0 Å². The van der Waals surface area contributed by atoms with Gasteiger partial charge in [-0.05, 0) is 31.0 Å². The Hall–Kier alpha value is -2.75. The minimum absolute atomic E-state index is 0.146. The van der Waals surface area contributed by atoms with Gasteiger partial charge in [0.15, 0.2) is 5.69 Å². The second kappa shape index (κ2) is 8.32. The molecule has 1 aliphatic carbocycles. The lowest BCUT2D eigenvalue weighted by Crippen LogP contribution is -2.44. The lowest BCUT2D eigenvalue weighted by atomic mass is 9.85. The zero-order valence-electron chi connectivity index (χ0n) is 15.4. The molecule has 10 heteroatoms. The normalized spacial score (nSPS) is 16.3. The van der Waals surface area contributed by atoms with Crippen LogP contribution in [0.5, 0.6) is 0 Å². The SMILES string of the molecule is O=C(NCC1(O)CCCCC1)c1cnc(Nc2cccc(F)c2)nc1C(F)(F)F. The predicted octanol–water partition coefficient (Wildman–Crippen LogP) is 3.80. The first-order valence-electron chi connectivity index (χ1n) is 9.14. The van der Waals surface area contributed by atoms with Crippen LogP contribution in [0, 0.1) is 5.82 Å². The van der Waals surface area contributed by atoms with Gasteiger partial charge >= 0.3 is 6.18 Å². The Bertz CT molecular complexity index is 883. The summed E-state index contributed by atoms with van der Waals surface area (Å²) in [5, 5.41) is 15.3. The Balaban J connectivity index is 1.79. The summed E-state index contributed by atoms with van der Waals surface area (Å²) in [6.45, 7) is -0.146. The molecule has 1 aromatic heterocycles. The molecule has 0 atom stereocenters. The second-order valence-electron chi connectivity index (χ2n) is 7.06. The van der Waals surface area contributed by atoms with Gasteiger partial charge < -0.3 is 15.7 Å². The molecular weight excluding hydrogens is 392 g/mol. The topological polar surface area (TPSA) is 87.1 Å². The van der Waals surface area contributed by atoms with Crippen molar-refractivity contribution < 1.29 is 27.5 Å². The number of anilines is 2. The minimum Gasteiger partial charge on any atom is -0.388 e. The lowest BCUT2D eigenvalue weighted by molar-refractivity contribution is -0.141. The smallest absolute Gasteiger partial charge is 0.388 e. The van der Waals surface area contributed by atoms with Gasteiger partial charge in [-0.1, -0.05) is 25.3 Å². The number of nitrogens with zero attached hydrogens (tertiary/aromatic N) is 2. The van der Waals surface area contributed by atoms with Crippen LogP contribution in [-0.4, -0.2) is 33.1 Å². The average Bonchev–Trinajstić information content (AvgIpc) is 2.66. The van der Waals surface area contributed by atoms with E-state index in [0.717, 1.165) is 31.5 Å². The number of carbonyl (C=O) groups excluding carboxylic acids is 1. The molecule has 156 valence electrons. The number of alkyl halides is 3. The van der Waals surface area contributed by atoms with Gasteiger partial charge in [-0.3, -0.25) is 4.79 Å². The van der Waals surface area contributed by atoms with Crippen LogP contribution in [0.3, 0.4) is 0 Å². The van der Waals surface area contributed by atoms with Crippen molar-refractivity contribution in [1.29, 1.82) is 0 Å². The molecular formula is C19H20F4N4O2. The Kier molecular flexibility index (Phi) is 6.02. The second-order valence-corrected chi connectivity index (χ2v) is 7.06. The van der Waals surface area contributed by atoms with Crippen LogP contribution in [-0.2, 0) is 6.18 Å². The number of carbonyl (C=O) groups is 1. The van der Waals surface area contributed by atoms with E-state index in [1.807, 2.05) is 0 Å². The van der Waals surface area contributed by atoms with Crippen LogP contribution < -0.4 is 10.6 Å². The highest BCUT2D eigenvalue weighted by atomic mass is 19.4. The molecule has 2 aromatic rings. The van der Waals surface area contributed by atoms with Crippen LogP contribution in [0.25, 0.3) is 0 Å². The van der Waals surface area contributed by atoms with Crippen LogP contribution in [0.15, 0.2) is 30.5 Å². The van der Waals surface area contributed by atoms with Gasteiger partial charge in [0.1, 0.15) is 5.82 Å². The standard InChI is InChI=1S/C19H20F4N4O2/c20-12-5-4-6-13(9-12)26-17-24-10-14(15(27-17)19(21,22)23)16(28)25-11-18(29)7-2-1-3-8-18/h4-6,9-10,29H,1-3,7-8,11H2,(H,25,28)(H,24,26,27). The molecule has 1 fully saturated rings. The highest BCUT2D eigenvalue weighted by molar-refractivity contribution is 5.95. The van der Waals surface area contributed by atoms with Crippen molar-refractivity contribution in [2.75, 3.05) is 11.9 Å². The van der Waals surface area contributed by atoms with Crippen LogP contribution >= 0.6 is 0 Å². The molecule has 1 amide bonds. The molecule has 0 radical (unpaired) electrons. The van der Waals surface area contributed by atoms with Gasteiger partial charge in [0.05, 0.1) is 11.2 Å². The number of aliphatic hydroxyl groups is 1. The Labute approximate surface area is 164 Å². The van der Waals surface area contributed by atoms with Gasteiger partial charge in [-0.2, -0.15) is 13.2 Å². The maximum Gasteiger partial charge on any atom is 0.434 e. The number of benzene rings is 1. The van der Waals surface area contributed by atoms with E-state index in [1.54, 1.807) is 0 Å². The monoisotopic (exact) mass is 412 g/mol. The Morgan fingerprint density at radius 2 is 1.93 bits per heavy atom. The lowest BCUT2D eigenvalue weighted by Gasteiger charge is -2.32. The number of nitrogens with one attached hydrogen (secondary N) is 2. The molecule has 1 saturated carbocycles. The van der Waals surface area contributed by atoms with Gasteiger partial charge in [-0.25, -0.2) is 14.4 Å². The van der Waals surface area contributed by atoms with Crippen LogP contribution in [0.4, 0.5) is 29.2 Å². The zero-order chi connectivity index (χ0) is 21.1. The maximum absolute atomic E-state index is 13.5. The van der Waals surface area contributed by atoms with Crippen LogP contribution in [0.1, 0.15) is 48.2 Å². The van der Waals surface area contributed by atoms with Gasteiger partial charge in [0, 0.05) is 18.4 Å². The van der Waals surface area contributed by atoms with Crippen molar-refractivity contribution in [3.05, 3.63) is 47.5 Å². The first-order valence-corrected chi connectivity index (χ1v) is 9.14. The molecule has 1 aliphatic rings. The summed E-state index contributed by atoms with van der Waals surface area (Å²) in [5.74, 6) is -2.03. The number of hydrogen-bond acceptors (Lipinski definition) is 5. The van der Waals surface area contributed by atoms with E-state index in [2.05, 4.69) is 20.6 Å². The summed E-state index contributed by atoms with van der Waals surface area (Å²) in [4.78, 5) is 19.5. The summed E-state index contributed by atoms with van der Waals surface area (Å²) in [5.41, 5.74) is -3.12. The van der Waals surface area contributed by atoms with Crippen molar-refractivity contribution in [3.8, 4) is 0 Å². The number of amides is 1. The molecule has 1 aromatic carbocycles. The summed E-state index contributed by atoms with van der Waals surface area (Å²) >= 11 is 0. The third kappa shape index (κ3) is 5.41. The molecule has 0 unspecified atom stereocenters. The summed E-state index contributed by atoms with van der Waals surface area (Å²) in [6, 6.07) is 5.06. The molecule has 3 N–H and O–H groups in total. The highest BCUT2D eigenvalue weighted by Gasteiger charge is 2.39. The van der Waals surface area contributed by atoms with Crippen molar-refractivity contribution in [2.24, 2.45) is 0 Å². The van der Waals surface area contributed by atoms with E-state index in [0.29, 0.717) is 12.8 Å². The van der Waals surface area contributed by atoms with Crippen molar-refractivity contribution in [2.45, 2.75) is 43.9 Å². The van der Waals surface area contributed by atoms with E-state index in [-0.39, 0.29) is 12.2 Å². The first kappa shape index (κ1) is 21.0. The fourth-order valence-corrected chi connectivity index (χ4v) is 3.25. The Morgan fingerprint density at radius 3 is 2.59 bits per heavy atom. The average molecular weight is 412 g/mol. The summed E-state index contributed by atoms with van der Waals surface area (Å²) < 4.78 is 53.6. The molecule has 3 rings (SSSR count). The quantitative estimate of drug-likeness (QED) is 0.651. The van der Waals surface area contributed by atoms with E-state index >= 15 is 0 Å². The van der Waals surface area contributed by atoms with E-state index in [9.17, 15) is 27.5 Å². The van der Waals surface area contributed by atoms with E-state index in [4.69, 9.17) is 0 Å². The molecule has 0 aliphatic heterocycles. The molecule has 0 bridgehead atoms. The Morgan fingerprint density at radius 1 is 1.21 bits per heavy atom. The maximum atomic E-state index is 13.5. The fraction of sp³-hybridized carbons (Fsp3) is 0.421. The van der Waals surface area contributed by atoms with Gasteiger partial charge in [0.2, 0.25) is 5.95 Å². The van der Waals surface area contributed by atoms with Gasteiger partial charge in [-0.15, -0.1) is 0 Å². The molecule has 6 nitrogen and oxygen atoms in total. The minimum atomic E-state index is -4.91. The number of aromatic nitrogens is 2. The molecule has 29 heavy (non-hydrogen) atoms. The molecule has 1 heterocycles. The molecule has 0 spiro atoms. The van der Waals surface area contributed by atoms with E-state index in [1.165, 1.54) is 18.2 Å².